The summed E-state index contributed by atoms with van der Waals surface area (Å²) in [5.41, 5.74) is 11.0. The largest absolute Gasteiger partial charge is 0.333 e. The van der Waals surface area contributed by atoms with Crippen LogP contribution in [0.1, 0.15) is 40.2 Å². The van der Waals surface area contributed by atoms with E-state index in [0.717, 1.165) is 49.5 Å². The molecule has 0 saturated heterocycles. The van der Waals surface area contributed by atoms with Crippen LogP contribution in [0.15, 0.2) is 128 Å². The van der Waals surface area contributed by atoms with Crippen molar-refractivity contribution in [2.75, 3.05) is 0 Å². The summed E-state index contributed by atoms with van der Waals surface area (Å²) in [5, 5.41) is 5.90. The van der Waals surface area contributed by atoms with Gasteiger partial charge in [0.25, 0.3) is 0 Å². The summed E-state index contributed by atoms with van der Waals surface area (Å²) in [6.45, 7) is 17.2. The predicted molar refractivity (Wildman–Crippen MR) is 230 cm³/mol. The van der Waals surface area contributed by atoms with E-state index in [1.54, 1.807) is 11.3 Å². The van der Waals surface area contributed by atoms with Crippen LogP contribution in [0.25, 0.3) is 60.6 Å². The number of nitrogens with zero attached hydrogens (tertiary/aromatic N) is 3. The molecule has 1 radical (unpaired) electrons. The van der Waals surface area contributed by atoms with Crippen molar-refractivity contribution in [1.29, 1.82) is 0 Å². The van der Waals surface area contributed by atoms with Gasteiger partial charge >= 0.3 is 0 Å². The van der Waals surface area contributed by atoms with Gasteiger partial charge in [-0.05, 0) is 83.0 Å². The Hall–Kier alpha value is -4.45. The maximum Gasteiger partial charge on any atom is 0.0795 e. The first-order valence-corrected chi connectivity index (χ1v) is 22.5. The van der Waals surface area contributed by atoms with Crippen molar-refractivity contribution in [1.82, 2.24) is 14.5 Å². The van der Waals surface area contributed by atoms with Crippen LogP contribution in [0, 0.1) is 30.7 Å². The fraction of sp³-hybridized carbons (Fsp3) is 0.208. The molecule has 0 atom stereocenters. The minimum atomic E-state index is -1.48. The van der Waals surface area contributed by atoms with Crippen molar-refractivity contribution < 1.29 is 22.8 Å². The molecule has 0 aliphatic heterocycles. The molecule has 0 unspecified atom stereocenters. The van der Waals surface area contributed by atoms with Crippen LogP contribution in [0.3, 0.4) is 0 Å². The second-order valence-corrected chi connectivity index (χ2v) is 21.6. The van der Waals surface area contributed by atoms with E-state index in [-0.39, 0.29) is 20.1 Å². The molecular weight excluding hydrogens is 871 g/mol. The molecule has 0 saturated carbocycles. The Morgan fingerprint density at radius 3 is 2.17 bits per heavy atom. The van der Waals surface area contributed by atoms with Gasteiger partial charge in [0.1, 0.15) is 0 Å². The third-order valence-corrected chi connectivity index (χ3v) is 12.2. The third kappa shape index (κ3) is 8.58. The molecule has 0 aliphatic rings. The first kappa shape index (κ1) is 36.5. The Morgan fingerprint density at radius 1 is 0.815 bits per heavy atom. The molecule has 0 N–H and O–H groups in total. The zero-order valence-corrected chi connectivity index (χ0v) is 36.4. The molecule has 54 heavy (non-hydrogen) atoms. The van der Waals surface area contributed by atoms with Crippen molar-refractivity contribution in [3.63, 3.8) is 0 Å². The van der Waals surface area contributed by atoms with Gasteiger partial charge in [-0.2, -0.15) is 0 Å². The van der Waals surface area contributed by atoms with Gasteiger partial charge in [0, 0.05) is 34.7 Å². The van der Waals surface area contributed by atoms with E-state index >= 15 is 0 Å². The van der Waals surface area contributed by atoms with E-state index in [9.17, 15) is 0 Å². The number of imidazole rings is 1. The normalized spacial score (nSPS) is 12.4. The molecule has 5 aromatic carbocycles. The van der Waals surface area contributed by atoms with Crippen molar-refractivity contribution in [2.45, 2.75) is 60.6 Å². The molecule has 3 nitrogen and oxygen atoms in total. The Labute approximate surface area is 342 Å². The van der Waals surface area contributed by atoms with Gasteiger partial charge in [-0.25, -0.2) is 0 Å². The molecule has 3 heterocycles. The van der Waals surface area contributed by atoms with Crippen LogP contribution in [0.4, 0.5) is 0 Å². The second kappa shape index (κ2) is 16.1. The molecule has 3 aromatic heterocycles. The Kier molecular flexibility index (Phi) is 10.9. The number of fused-ring (bicyclic) bond motifs is 2. The number of aromatic nitrogens is 3. The molecule has 8 aromatic rings. The first-order valence-electron chi connectivity index (χ1n) is 19.2. The summed E-state index contributed by atoms with van der Waals surface area (Å²) in [7, 11) is -1.23. The van der Waals surface area contributed by atoms with E-state index in [4.69, 9.17) is 7.73 Å². The van der Waals surface area contributed by atoms with Crippen LogP contribution in [-0.2, 0) is 26.5 Å². The summed E-state index contributed by atoms with van der Waals surface area (Å²) in [4.78, 5) is 9.63. The third-order valence-electron chi connectivity index (χ3n) is 9.27. The van der Waals surface area contributed by atoms with Crippen LogP contribution in [0.5, 0.6) is 0 Å². The fourth-order valence-corrected chi connectivity index (χ4v) is 8.64. The zero-order chi connectivity index (χ0) is 39.1. The molecule has 0 aliphatic carbocycles. The van der Waals surface area contributed by atoms with Crippen LogP contribution in [-0.4, -0.2) is 22.6 Å². The van der Waals surface area contributed by atoms with Crippen molar-refractivity contribution >= 4 is 45.7 Å². The summed E-state index contributed by atoms with van der Waals surface area (Å²) in [6.07, 6.45) is 0.532. The van der Waals surface area contributed by atoms with E-state index in [2.05, 4.69) is 109 Å². The average molecular weight is 920 g/mol. The number of hydrogen-bond acceptors (Lipinski definition) is 3. The molecule has 275 valence electrons. The standard InChI is InChI=1S/C34H31N2S.C14H16NSi.Ir/c1-22-17-26(18-23(2)32(22)25-11-7-6-8-12-25)36-30-14-10-9-13-29(30)35-33(36)28-21-37-31-16-15-24(19-27(28)31)20-34(3,4)5;1-16(2,3)13-9-10-14(15-11-13)12-7-5-4-6-8-12;/h6-19H,20H2,1-5H3;4-7,9-11H,1-3H3;/q2*-1;/i20D2;;. The number of benzene rings is 5. The monoisotopic (exact) mass is 920 g/mol. The minimum absolute atomic E-state index is 0. The Morgan fingerprint density at radius 2 is 1.52 bits per heavy atom. The molecule has 0 amide bonds. The van der Waals surface area contributed by atoms with Gasteiger partial charge < -0.3 is 9.55 Å². The van der Waals surface area contributed by atoms with Crippen molar-refractivity contribution in [3.05, 3.63) is 156 Å². The predicted octanol–water partition coefficient (Wildman–Crippen LogP) is 12.7. The van der Waals surface area contributed by atoms with Gasteiger partial charge in [-0.3, -0.25) is 16.3 Å². The SMILES string of the molecule is C[Si](C)(C)c1ccc(-c2[c-]cccc2)nc1.[2H]C([2H])(c1ccc2s[c-]c(-c3nc4ccccc4n3-c3cc(C)c(-c4ccccc4)c(C)c3)c2c1)C(C)(C)C.[Ir]. The van der Waals surface area contributed by atoms with E-state index in [1.165, 1.54) is 27.4 Å². The van der Waals surface area contributed by atoms with Crippen molar-refractivity contribution in [2.24, 2.45) is 5.41 Å². The quantitative estimate of drug-likeness (QED) is 0.123. The topological polar surface area (TPSA) is 30.7 Å². The molecule has 0 spiro atoms. The maximum absolute atomic E-state index is 8.86. The van der Waals surface area contributed by atoms with Crippen LogP contribution >= 0.6 is 11.3 Å². The van der Waals surface area contributed by atoms with E-state index in [0.29, 0.717) is 5.56 Å². The van der Waals surface area contributed by atoms with Crippen LogP contribution in [0.2, 0.25) is 19.6 Å². The number of hydrogen-bond donors (Lipinski definition) is 0. The number of pyridine rings is 1. The number of thiophene rings is 1. The summed E-state index contributed by atoms with van der Waals surface area (Å²) >= 11 is 1.55. The molecule has 0 bridgehead atoms. The van der Waals surface area contributed by atoms with Gasteiger partial charge in [-0.1, -0.05) is 128 Å². The fourth-order valence-electron chi connectivity index (χ4n) is 6.79. The molecule has 8 rings (SSSR count). The first-order chi connectivity index (χ1) is 26.1. The Bertz CT molecular complexity index is 2580. The Balaban J connectivity index is 0.000000263. The zero-order valence-electron chi connectivity index (χ0n) is 34.2. The average Bonchev–Trinajstić information content (AvgIpc) is 3.76. The van der Waals surface area contributed by atoms with Crippen molar-refractivity contribution in [3.8, 4) is 39.5 Å². The number of rotatable bonds is 6. The van der Waals surface area contributed by atoms with Gasteiger partial charge in [0.05, 0.1) is 24.9 Å². The van der Waals surface area contributed by atoms with Gasteiger partial charge in [-0.15, -0.1) is 47.3 Å². The molecule has 0 fully saturated rings. The van der Waals surface area contributed by atoms with Gasteiger partial charge in [0.15, 0.2) is 0 Å². The summed E-state index contributed by atoms with van der Waals surface area (Å²) in [6, 6.07) is 44.6. The summed E-state index contributed by atoms with van der Waals surface area (Å²) < 4.78 is 21.0. The number of para-hydroxylation sites is 2. The van der Waals surface area contributed by atoms with Gasteiger partial charge in [0.2, 0.25) is 0 Å². The number of aryl methyl sites for hydroxylation is 2. The second-order valence-electron chi connectivity index (χ2n) is 15.7. The van der Waals surface area contributed by atoms with E-state index in [1.807, 2.05) is 93.7 Å². The van der Waals surface area contributed by atoms with E-state index < -0.39 is 19.9 Å². The summed E-state index contributed by atoms with van der Waals surface area (Å²) in [5.74, 6) is 0.821. The molecule has 6 heteroatoms. The van der Waals surface area contributed by atoms with Crippen LogP contribution < -0.4 is 5.19 Å². The minimum Gasteiger partial charge on any atom is -0.333 e. The smallest absolute Gasteiger partial charge is 0.0795 e. The maximum atomic E-state index is 8.86. The molecular formula is C48H47IrN3SSi-2.